The number of nitrogens with one attached hydrogen (secondary N) is 1. The minimum atomic E-state index is -0.532. The van der Waals surface area contributed by atoms with Crippen LogP contribution in [0.1, 0.15) is 38.8 Å². The summed E-state index contributed by atoms with van der Waals surface area (Å²) in [6, 6.07) is 8.23. The van der Waals surface area contributed by atoms with Gasteiger partial charge in [-0.2, -0.15) is 0 Å². The lowest BCUT2D eigenvalue weighted by Gasteiger charge is -2.26. The predicted molar refractivity (Wildman–Crippen MR) is 75.5 cm³/mol. The number of carbonyl (C=O) groups is 1. The van der Waals surface area contributed by atoms with E-state index in [1.165, 1.54) is 5.56 Å². The van der Waals surface area contributed by atoms with Crippen LogP contribution in [-0.2, 0) is 16.6 Å². The van der Waals surface area contributed by atoms with Crippen LogP contribution in [0.5, 0.6) is 0 Å². The molecule has 0 heterocycles. The van der Waals surface area contributed by atoms with Crippen molar-refractivity contribution in [1.82, 2.24) is 5.32 Å². The third-order valence-electron chi connectivity index (χ3n) is 3.38. The van der Waals surface area contributed by atoms with Gasteiger partial charge in [-0.05, 0) is 38.3 Å². The maximum Gasteiger partial charge on any atom is 0.230 e. The maximum absolute atomic E-state index is 12.2. The van der Waals surface area contributed by atoms with Gasteiger partial charge in [0.1, 0.15) is 0 Å². The van der Waals surface area contributed by atoms with Gasteiger partial charge >= 0.3 is 0 Å². The number of amides is 1. The monoisotopic (exact) mass is 248 g/mol. The second-order valence-corrected chi connectivity index (χ2v) is 5.29. The molecule has 0 fully saturated rings. The average molecular weight is 248 g/mol. The van der Waals surface area contributed by atoms with Gasteiger partial charge in [-0.25, -0.2) is 0 Å². The maximum atomic E-state index is 12.2. The molecular formula is C15H24N2O. The minimum Gasteiger partial charge on any atom is -0.352 e. The Labute approximate surface area is 110 Å². The molecule has 1 aromatic carbocycles. The van der Waals surface area contributed by atoms with Crippen LogP contribution in [0.4, 0.5) is 0 Å². The Hall–Kier alpha value is -1.35. The van der Waals surface area contributed by atoms with Crippen LogP contribution >= 0.6 is 0 Å². The first-order valence-electron chi connectivity index (χ1n) is 6.52. The van der Waals surface area contributed by atoms with Crippen LogP contribution in [0.25, 0.3) is 0 Å². The van der Waals surface area contributed by atoms with Gasteiger partial charge in [0, 0.05) is 12.6 Å². The number of aryl methyl sites for hydroxylation is 1. The summed E-state index contributed by atoms with van der Waals surface area (Å²) >= 11 is 0. The zero-order valence-corrected chi connectivity index (χ0v) is 11.8. The third kappa shape index (κ3) is 3.33. The van der Waals surface area contributed by atoms with Crippen molar-refractivity contribution in [2.45, 2.75) is 45.6 Å². The molecule has 1 atom stereocenters. The zero-order valence-electron chi connectivity index (χ0n) is 11.8. The molecule has 0 aromatic heterocycles. The van der Waals surface area contributed by atoms with Gasteiger partial charge in [-0.15, -0.1) is 0 Å². The molecule has 3 N–H and O–H groups in total. The van der Waals surface area contributed by atoms with E-state index in [-0.39, 0.29) is 11.9 Å². The van der Waals surface area contributed by atoms with E-state index in [0.717, 1.165) is 12.0 Å². The topological polar surface area (TPSA) is 55.1 Å². The fourth-order valence-electron chi connectivity index (χ4n) is 1.75. The Bertz CT molecular complexity index is 395. The van der Waals surface area contributed by atoms with Crippen molar-refractivity contribution >= 4 is 5.91 Å². The molecule has 100 valence electrons. The van der Waals surface area contributed by atoms with E-state index in [4.69, 9.17) is 5.73 Å². The minimum absolute atomic E-state index is 0.00619. The molecule has 0 saturated carbocycles. The number of benzene rings is 1. The Morgan fingerprint density at radius 1 is 1.33 bits per heavy atom. The number of nitrogens with two attached hydrogens (primary N) is 1. The Balaban J connectivity index is 2.86. The van der Waals surface area contributed by atoms with E-state index in [1.54, 1.807) is 0 Å². The molecular weight excluding hydrogens is 224 g/mol. The molecule has 1 aromatic rings. The first-order valence-corrected chi connectivity index (χ1v) is 6.52. The van der Waals surface area contributed by atoms with Crippen LogP contribution < -0.4 is 11.1 Å². The van der Waals surface area contributed by atoms with Gasteiger partial charge in [-0.1, -0.05) is 31.2 Å². The van der Waals surface area contributed by atoms with E-state index in [1.807, 2.05) is 32.9 Å². The lowest BCUT2D eigenvalue weighted by Crippen LogP contribution is -2.46. The van der Waals surface area contributed by atoms with Gasteiger partial charge in [0.2, 0.25) is 5.91 Å². The van der Waals surface area contributed by atoms with E-state index >= 15 is 0 Å². The highest BCUT2D eigenvalue weighted by molar-refractivity contribution is 5.87. The Morgan fingerprint density at radius 3 is 2.33 bits per heavy atom. The SMILES string of the molecule is CCc1ccc(C(C)(C)C(=O)N[C@@H](C)CN)cc1. The van der Waals surface area contributed by atoms with Gasteiger partial charge in [0.05, 0.1) is 5.41 Å². The highest BCUT2D eigenvalue weighted by atomic mass is 16.2. The predicted octanol–water partition coefficient (Wildman–Crippen LogP) is 1.99. The zero-order chi connectivity index (χ0) is 13.8. The number of hydrogen-bond donors (Lipinski definition) is 2. The molecule has 0 saturated heterocycles. The summed E-state index contributed by atoms with van der Waals surface area (Å²) in [6.45, 7) is 8.36. The number of carbonyl (C=O) groups excluding carboxylic acids is 1. The van der Waals surface area contributed by atoms with Crippen molar-refractivity contribution in [3.63, 3.8) is 0 Å². The lowest BCUT2D eigenvalue weighted by molar-refractivity contribution is -0.126. The summed E-state index contributed by atoms with van der Waals surface area (Å²) in [4.78, 5) is 12.2. The molecule has 0 unspecified atom stereocenters. The summed E-state index contributed by atoms with van der Waals surface area (Å²) in [7, 11) is 0. The van der Waals surface area contributed by atoms with Crippen molar-refractivity contribution in [3.05, 3.63) is 35.4 Å². The molecule has 0 aliphatic carbocycles. The van der Waals surface area contributed by atoms with Crippen molar-refractivity contribution < 1.29 is 4.79 Å². The highest BCUT2D eigenvalue weighted by Crippen LogP contribution is 2.24. The van der Waals surface area contributed by atoms with Crippen molar-refractivity contribution in [3.8, 4) is 0 Å². The van der Waals surface area contributed by atoms with Gasteiger partial charge in [-0.3, -0.25) is 4.79 Å². The molecule has 3 heteroatoms. The summed E-state index contributed by atoms with van der Waals surface area (Å²) in [6.07, 6.45) is 1.01. The highest BCUT2D eigenvalue weighted by Gasteiger charge is 2.30. The molecule has 0 aliphatic heterocycles. The largest absolute Gasteiger partial charge is 0.352 e. The van der Waals surface area contributed by atoms with Crippen LogP contribution in [0.15, 0.2) is 24.3 Å². The van der Waals surface area contributed by atoms with E-state index in [2.05, 4.69) is 24.4 Å². The molecule has 1 amide bonds. The van der Waals surface area contributed by atoms with E-state index in [9.17, 15) is 4.79 Å². The smallest absolute Gasteiger partial charge is 0.230 e. The lowest BCUT2D eigenvalue weighted by atomic mass is 9.83. The van der Waals surface area contributed by atoms with Crippen molar-refractivity contribution in [2.75, 3.05) is 6.54 Å². The molecule has 0 spiro atoms. The van der Waals surface area contributed by atoms with E-state index < -0.39 is 5.41 Å². The quantitative estimate of drug-likeness (QED) is 0.837. The summed E-state index contributed by atoms with van der Waals surface area (Å²) in [5, 5.41) is 2.93. The van der Waals surface area contributed by atoms with Crippen molar-refractivity contribution in [1.29, 1.82) is 0 Å². The second-order valence-electron chi connectivity index (χ2n) is 5.29. The Morgan fingerprint density at radius 2 is 1.89 bits per heavy atom. The number of hydrogen-bond acceptors (Lipinski definition) is 2. The molecule has 0 radical (unpaired) electrons. The molecule has 1 rings (SSSR count). The van der Waals surface area contributed by atoms with Gasteiger partial charge < -0.3 is 11.1 Å². The third-order valence-corrected chi connectivity index (χ3v) is 3.38. The van der Waals surface area contributed by atoms with Crippen LogP contribution in [0, 0.1) is 0 Å². The van der Waals surface area contributed by atoms with Crippen LogP contribution in [0.2, 0.25) is 0 Å². The van der Waals surface area contributed by atoms with Gasteiger partial charge in [0.25, 0.3) is 0 Å². The normalized spacial score (nSPS) is 13.2. The Kier molecular flexibility index (Phi) is 4.91. The standard InChI is InChI=1S/C15H24N2O/c1-5-12-6-8-13(9-7-12)15(3,4)14(18)17-11(2)10-16/h6-9,11H,5,10,16H2,1-4H3,(H,17,18)/t11-/m0/s1. The molecule has 0 bridgehead atoms. The first kappa shape index (κ1) is 14.7. The summed E-state index contributed by atoms with van der Waals surface area (Å²) < 4.78 is 0. The second kappa shape index (κ2) is 6.01. The molecule has 3 nitrogen and oxygen atoms in total. The van der Waals surface area contributed by atoms with Crippen LogP contribution in [-0.4, -0.2) is 18.5 Å². The molecule has 0 aliphatic rings. The fourth-order valence-corrected chi connectivity index (χ4v) is 1.75. The van der Waals surface area contributed by atoms with Crippen LogP contribution in [0.3, 0.4) is 0 Å². The average Bonchev–Trinajstić information content (AvgIpc) is 2.38. The van der Waals surface area contributed by atoms with Crippen molar-refractivity contribution in [2.24, 2.45) is 5.73 Å². The fraction of sp³-hybridized carbons (Fsp3) is 0.533. The first-order chi connectivity index (χ1) is 8.41. The molecule has 18 heavy (non-hydrogen) atoms. The summed E-state index contributed by atoms with van der Waals surface area (Å²) in [5.74, 6) is 0.0182. The van der Waals surface area contributed by atoms with E-state index in [0.29, 0.717) is 6.54 Å². The number of rotatable bonds is 5. The van der Waals surface area contributed by atoms with Gasteiger partial charge in [0.15, 0.2) is 0 Å². The summed E-state index contributed by atoms with van der Waals surface area (Å²) in [5.41, 5.74) is 7.31.